The molecule has 5 rings (SSSR count). The lowest BCUT2D eigenvalue weighted by molar-refractivity contribution is -0.151. The van der Waals surface area contributed by atoms with Crippen molar-refractivity contribution in [1.82, 2.24) is 10.2 Å². The molecule has 2 aliphatic heterocycles. The van der Waals surface area contributed by atoms with E-state index in [1.165, 1.54) is 0 Å². The molecule has 3 aromatic rings. The maximum atomic E-state index is 15.2. The minimum atomic E-state index is -3.93. The van der Waals surface area contributed by atoms with Gasteiger partial charge in [-0.05, 0) is 67.9 Å². The fourth-order valence-electron chi connectivity index (χ4n) is 4.48. The van der Waals surface area contributed by atoms with E-state index in [0.717, 1.165) is 32.0 Å². The molecule has 2 N–H and O–H groups in total. The van der Waals surface area contributed by atoms with Crippen LogP contribution in [0.2, 0.25) is 0 Å². The molecule has 1 amide bonds. The summed E-state index contributed by atoms with van der Waals surface area (Å²) in [4.78, 5) is 14.9. The first-order chi connectivity index (χ1) is 16.8. The van der Waals surface area contributed by atoms with Crippen LogP contribution in [0.3, 0.4) is 0 Å². The predicted molar refractivity (Wildman–Crippen MR) is 128 cm³/mol. The average Bonchev–Trinajstić information content (AvgIpc) is 3.52. The van der Waals surface area contributed by atoms with Gasteiger partial charge in [-0.3, -0.25) is 4.79 Å². The van der Waals surface area contributed by atoms with Gasteiger partial charge in [-0.1, -0.05) is 22.0 Å². The van der Waals surface area contributed by atoms with Crippen molar-refractivity contribution in [2.75, 3.05) is 32.8 Å². The molecule has 2 atom stereocenters. The molecule has 186 valence electrons. The van der Waals surface area contributed by atoms with E-state index in [1.54, 1.807) is 36.4 Å². The van der Waals surface area contributed by atoms with Gasteiger partial charge < -0.3 is 29.2 Å². The maximum absolute atomic E-state index is 15.2. The molecule has 1 fully saturated rings. The number of nitrogens with one attached hydrogen (secondary N) is 1. The standard InChI is InChI=1S/C25H25BrF2N2O5/c26-17-4-6-19-16(11-17)13-22(35-19)25(27,28)24(32)29-18(14-30-7-1-2-8-30)23(31)15-3-5-20-21(12-15)34-10-9-33-20/h3-6,11-13,18,23,31H,1-2,7-10,14H2,(H,29,32)/t18-,23+/m1/s1. The van der Waals surface area contributed by atoms with Crippen molar-refractivity contribution in [2.24, 2.45) is 0 Å². The number of likely N-dealkylation sites (tertiary alicyclic amines) is 1. The first-order valence-electron chi connectivity index (χ1n) is 11.5. The number of ether oxygens (including phenoxy) is 2. The molecule has 3 heterocycles. The van der Waals surface area contributed by atoms with Crippen molar-refractivity contribution in [3.05, 3.63) is 58.3 Å². The minimum Gasteiger partial charge on any atom is -0.486 e. The van der Waals surface area contributed by atoms with E-state index in [2.05, 4.69) is 21.2 Å². The van der Waals surface area contributed by atoms with E-state index in [9.17, 15) is 9.90 Å². The number of hydrogen-bond acceptors (Lipinski definition) is 6. The molecular formula is C25H25BrF2N2O5. The summed E-state index contributed by atoms with van der Waals surface area (Å²) in [5.41, 5.74) is 0.691. The molecule has 35 heavy (non-hydrogen) atoms. The van der Waals surface area contributed by atoms with Gasteiger partial charge in [0.2, 0.25) is 0 Å². The monoisotopic (exact) mass is 550 g/mol. The van der Waals surface area contributed by atoms with Gasteiger partial charge in [-0.25, -0.2) is 0 Å². The van der Waals surface area contributed by atoms with Gasteiger partial charge >= 0.3 is 5.92 Å². The molecule has 0 bridgehead atoms. The SMILES string of the molecule is O=C(N[C@H](CN1CCCC1)[C@@H](O)c1ccc2c(c1)OCCO2)C(F)(F)c1cc2cc(Br)ccc2o1. The summed E-state index contributed by atoms with van der Waals surface area (Å²) in [6, 6.07) is 9.98. The number of rotatable bonds is 7. The van der Waals surface area contributed by atoms with Crippen molar-refractivity contribution >= 4 is 32.8 Å². The molecule has 2 aromatic carbocycles. The van der Waals surface area contributed by atoms with Gasteiger partial charge in [-0.15, -0.1) is 0 Å². The lowest BCUT2D eigenvalue weighted by atomic mass is 10.0. The highest BCUT2D eigenvalue weighted by atomic mass is 79.9. The fraction of sp³-hybridized carbons (Fsp3) is 0.400. The number of aliphatic hydroxyl groups excluding tert-OH is 1. The number of fused-ring (bicyclic) bond motifs is 2. The van der Waals surface area contributed by atoms with E-state index >= 15 is 8.78 Å². The third kappa shape index (κ3) is 5.00. The molecule has 0 spiro atoms. The van der Waals surface area contributed by atoms with E-state index < -0.39 is 29.7 Å². The van der Waals surface area contributed by atoms with Crippen molar-refractivity contribution in [2.45, 2.75) is 30.9 Å². The summed E-state index contributed by atoms with van der Waals surface area (Å²) in [5.74, 6) is -5.19. The maximum Gasteiger partial charge on any atom is 0.380 e. The Bertz CT molecular complexity index is 1230. The highest BCUT2D eigenvalue weighted by Gasteiger charge is 2.46. The largest absolute Gasteiger partial charge is 0.486 e. The van der Waals surface area contributed by atoms with Crippen molar-refractivity contribution in [1.29, 1.82) is 0 Å². The van der Waals surface area contributed by atoms with Crippen LogP contribution < -0.4 is 14.8 Å². The number of hydrogen-bond donors (Lipinski definition) is 2. The molecule has 0 unspecified atom stereocenters. The third-order valence-electron chi connectivity index (χ3n) is 6.33. The summed E-state index contributed by atoms with van der Waals surface area (Å²) < 4.78 is 47.5. The lowest BCUT2D eigenvalue weighted by Crippen LogP contribution is -2.50. The van der Waals surface area contributed by atoms with Gasteiger partial charge in [0, 0.05) is 16.4 Å². The van der Waals surface area contributed by atoms with Crippen molar-refractivity contribution < 1.29 is 32.6 Å². The van der Waals surface area contributed by atoms with Crippen molar-refractivity contribution in [3.63, 3.8) is 0 Å². The number of furan rings is 1. The van der Waals surface area contributed by atoms with Crippen LogP contribution in [0.15, 0.2) is 51.4 Å². The first kappa shape index (κ1) is 24.0. The van der Waals surface area contributed by atoms with E-state index in [1.807, 2.05) is 4.90 Å². The molecule has 1 aromatic heterocycles. The zero-order valence-electron chi connectivity index (χ0n) is 18.8. The number of alkyl halides is 2. The van der Waals surface area contributed by atoms with Crippen LogP contribution in [0.5, 0.6) is 11.5 Å². The summed E-state index contributed by atoms with van der Waals surface area (Å²) >= 11 is 3.30. The van der Waals surface area contributed by atoms with Crippen LogP contribution in [0.4, 0.5) is 8.78 Å². The quantitative estimate of drug-likeness (QED) is 0.454. The van der Waals surface area contributed by atoms with Gasteiger partial charge in [-0.2, -0.15) is 8.78 Å². The molecule has 1 saturated heterocycles. The van der Waals surface area contributed by atoms with Gasteiger partial charge in [0.25, 0.3) is 5.91 Å². The molecule has 0 saturated carbocycles. The molecule has 7 nitrogen and oxygen atoms in total. The highest BCUT2D eigenvalue weighted by molar-refractivity contribution is 9.10. The molecule has 0 aliphatic carbocycles. The van der Waals surface area contributed by atoms with Gasteiger partial charge in [0.05, 0.1) is 6.04 Å². The highest BCUT2D eigenvalue weighted by Crippen LogP contribution is 2.36. The number of carbonyl (C=O) groups excluding carboxylic acids is 1. The van der Waals surface area contributed by atoms with E-state index in [4.69, 9.17) is 13.9 Å². The van der Waals surface area contributed by atoms with Gasteiger partial charge in [0.1, 0.15) is 24.9 Å². The minimum absolute atomic E-state index is 0.227. The van der Waals surface area contributed by atoms with E-state index in [-0.39, 0.29) is 12.1 Å². The smallest absolute Gasteiger partial charge is 0.380 e. The molecule has 10 heteroatoms. The second-order valence-electron chi connectivity index (χ2n) is 8.80. The topological polar surface area (TPSA) is 84.2 Å². The average molecular weight is 551 g/mol. The fourth-order valence-corrected chi connectivity index (χ4v) is 4.86. The van der Waals surface area contributed by atoms with Crippen LogP contribution in [-0.4, -0.2) is 54.8 Å². The summed E-state index contributed by atoms with van der Waals surface area (Å²) in [7, 11) is 0. The number of aliphatic hydroxyl groups is 1. The van der Waals surface area contributed by atoms with E-state index in [0.29, 0.717) is 40.1 Å². The Labute approximate surface area is 209 Å². The molecule has 0 radical (unpaired) electrons. The Morgan fingerprint density at radius 1 is 1.09 bits per heavy atom. The summed E-state index contributed by atoms with van der Waals surface area (Å²) in [5, 5.41) is 14.0. The zero-order chi connectivity index (χ0) is 24.6. The molecule has 2 aliphatic rings. The second kappa shape index (κ2) is 9.75. The van der Waals surface area contributed by atoms with Crippen LogP contribution in [-0.2, 0) is 10.7 Å². The first-order valence-corrected chi connectivity index (χ1v) is 12.3. The number of benzene rings is 2. The Morgan fingerprint density at radius 2 is 1.83 bits per heavy atom. The number of halogens is 3. The third-order valence-corrected chi connectivity index (χ3v) is 6.83. The number of carbonyl (C=O) groups is 1. The number of amides is 1. The Balaban J connectivity index is 1.39. The Hall–Kier alpha value is -2.69. The van der Waals surface area contributed by atoms with Crippen LogP contribution in [0, 0.1) is 0 Å². The summed E-state index contributed by atoms with van der Waals surface area (Å²) in [6.07, 6.45) is 0.717. The normalized spacial score (nSPS) is 17.9. The summed E-state index contributed by atoms with van der Waals surface area (Å²) in [6.45, 7) is 2.58. The zero-order valence-corrected chi connectivity index (χ0v) is 20.4. The second-order valence-corrected chi connectivity index (χ2v) is 9.72. The Kier molecular flexibility index (Phi) is 6.69. The van der Waals surface area contributed by atoms with Crippen LogP contribution in [0.1, 0.15) is 30.3 Å². The van der Waals surface area contributed by atoms with Gasteiger partial charge in [0.15, 0.2) is 17.3 Å². The lowest BCUT2D eigenvalue weighted by Gasteiger charge is -2.30. The van der Waals surface area contributed by atoms with Crippen LogP contribution in [0.25, 0.3) is 11.0 Å². The Morgan fingerprint density at radius 3 is 2.60 bits per heavy atom. The predicted octanol–water partition coefficient (Wildman–Crippen LogP) is 4.37. The number of nitrogens with zero attached hydrogens (tertiary/aromatic N) is 1. The van der Waals surface area contributed by atoms with Crippen molar-refractivity contribution in [3.8, 4) is 11.5 Å². The molecular weight excluding hydrogens is 526 g/mol. The van der Waals surface area contributed by atoms with Crippen LogP contribution >= 0.6 is 15.9 Å².